The number of hydrogen-bond donors (Lipinski definition) is 0. The van der Waals surface area contributed by atoms with Gasteiger partial charge in [-0.15, -0.1) is 0 Å². The number of fused-ring (bicyclic) bond motifs is 3. The highest BCUT2D eigenvalue weighted by atomic mass is 19.2. The standard InChI is InChI=1S/C15H14F5NO2/c16-10-11(17)13(19)15(14(20)12(10)18)23-9(22)5-8-6-21-3-1-7(8)2-4-21/h7-8H,1-6H2. The van der Waals surface area contributed by atoms with Crippen LogP contribution in [0, 0.1) is 40.9 Å². The van der Waals surface area contributed by atoms with E-state index in [1.165, 1.54) is 0 Å². The molecule has 3 heterocycles. The Labute approximate surface area is 129 Å². The zero-order valence-corrected chi connectivity index (χ0v) is 12.1. The largest absolute Gasteiger partial charge is 0.420 e. The number of rotatable bonds is 3. The second-order valence-corrected chi connectivity index (χ2v) is 5.98. The third-order valence-corrected chi connectivity index (χ3v) is 4.61. The first-order chi connectivity index (χ1) is 10.9. The van der Waals surface area contributed by atoms with Crippen molar-refractivity contribution in [1.82, 2.24) is 4.90 Å². The fourth-order valence-electron chi connectivity index (χ4n) is 3.36. The van der Waals surface area contributed by atoms with Crippen molar-refractivity contribution < 1.29 is 31.5 Å². The molecule has 0 N–H and O–H groups in total. The van der Waals surface area contributed by atoms with Crippen molar-refractivity contribution in [1.29, 1.82) is 0 Å². The van der Waals surface area contributed by atoms with Crippen molar-refractivity contribution in [3.8, 4) is 5.75 Å². The zero-order valence-electron chi connectivity index (χ0n) is 12.1. The number of nitrogens with zero attached hydrogens (tertiary/aromatic N) is 1. The smallest absolute Gasteiger partial charge is 0.311 e. The molecule has 3 fully saturated rings. The van der Waals surface area contributed by atoms with Gasteiger partial charge in [0.05, 0.1) is 6.42 Å². The summed E-state index contributed by atoms with van der Waals surface area (Å²) in [7, 11) is 0. The average Bonchev–Trinajstić information content (AvgIpc) is 2.56. The van der Waals surface area contributed by atoms with E-state index in [0.29, 0.717) is 12.5 Å². The number of piperidine rings is 3. The monoisotopic (exact) mass is 335 g/mol. The molecule has 3 aliphatic heterocycles. The maximum absolute atomic E-state index is 13.5. The molecule has 0 spiro atoms. The Kier molecular flexibility index (Phi) is 4.27. The number of benzene rings is 1. The van der Waals surface area contributed by atoms with Crippen molar-refractivity contribution in [2.24, 2.45) is 11.8 Å². The van der Waals surface area contributed by atoms with Gasteiger partial charge in [-0.2, -0.15) is 8.78 Å². The second-order valence-electron chi connectivity index (χ2n) is 5.98. The van der Waals surface area contributed by atoms with Gasteiger partial charge in [0.1, 0.15) is 0 Å². The Morgan fingerprint density at radius 2 is 1.48 bits per heavy atom. The predicted molar refractivity (Wildman–Crippen MR) is 69.1 cm³/mol. The normalized spacial score (nSPS) is 26.4. The number of ether oxygens (including phenoxy) is 1. The van der Waals surface area contributed by atoms with Crippen LogP contribution in [0.25, 0.3) is 0 Å². The van der Waals surface area contributed by atoms with Crippen LogP contribution in [0.5, 0.6) is 5.75 Å². The van der Waals surface area contributed by atoms with Crippen LogP contribution in [0.1, 0.15) is 19.3 Å². The molecule has 1 aromatic rings. The zero-order chi connectivity index (χ0) is 16.7. The molecule has 8 heteroatoms. The van der Waals surface area contributed by atoms with Crippen LogP contribution >= 0.6 is 0 Å². The molecule has 3 nitrogen and oxygen atoms in total. The molecule has 4 rings (SSSR count). The van der Waals surface area contributed by atoms with Crippen LogP contribution in [0.4, 0.5) is 22.0 Å². The summed E-state index contributed by atoms with van der Waals surface area (Å²) in [6.07, 6.45) is 1.75. The molecule has 0 amide bonds. The number of carbonyl (C=O) groups excluding carboxylic acids is 1. The van der Waals surface area contributed by atoms with E-state index >= 15 is 0 Å². The average molecular weight is 335 g/mol. The Bertz CT molecular complexity index is 614. The Morgan fingerprint density at radius 3 is 1.96 bits per heavy atom. The van der Waals surface area contributed by atoms with E-state index < -0.39 is 40.8 Å². The first-order valence-corrected chi connectivity index (χ1v) is 7.33. The number of esters is 1. The minimum atomic E-state index is -2.28. The van der Waals surface area contributed by atoms with Crippen LogP contribution in [-0.4, -0.2) is 30.5 Å². The molecule has 2 bridgehead atoms. The summed E-state index contributed by atoms with van der Waals surface area (Å²) in [4.78, 5) is 14.0. The van der Waals surface area contributed by atoms with Crippen LogP contribution in [0.15, 0.2) is 0 Å². The minimum absolute atomic E-state index is 0.0220. The van der Waals surface area contributed by atoms with Crippen molar-refractivity contribution in [2.45, 2.75) is 19.3 Å². The summed E-state index contributed by atoms with van der Waals surface area (Å²) in [5.41, 5.74) is 0. The third-order valence-electron chi connectivity index (χ3n) is 4.61. The van der Waals surface area contributed by atoms with Gasteiger partial charge in [-0.05, 0) is 37.8 Å². The summed E-state index contributed by atoms with van der Waals surface area (Å²) in [6, 6.07) is 0. The van der Waals surface area contributed by atoms with Gasteiger partial charge >= 0.3 is 5.97 Å². The lowest BCUT2D eigenvalue weighted by Gasteiger charge is -2.44. The van der Waals surface area contributed by atoms with Crippen molar-refractivity contribution in [3.63, 3.8) is 0 Å². The molecule has 0 saturated carbocycles. The van der Waals surface area contributed by atoms with Gasteiger partial charge in [0, 0.05) is 6.54 Å². The lowest BCUT2D eigenvalue weighted by molar-refractivity contribution is -0.137. The maximum atomic E-state index is 13.5. The lowest BCUT2D eigenvalue weighted by Crippen LogP contribution is -2.48. The van der Waals surface area contributed by atoms with Gasteiger partial charge in [-0.25, -0.2) is 13.2 Å². The molecule has 0 radical (unpaired) electrons. The summed E-state index contributed by atoms with van der Waals surface area (Å²) in [6.45, 7) is 2.58. The highest BCUT2D eigenvalue weighted by Gasteiger charge is 2.36. The van der Waals surface area contributed by atoms with Crippen LogP contribution < -0.4 is 4.74 Å². The quantitative estimate of drug-likeness (QED) is 0.280. The molecular weight excluding hydrogens is 321 g/mol. The van der Waals surface area contributed by atoms with Crippen molar-refractivity contribution >= 4 is 5.97 Å². The number of hydrogen-bond acceptors (Lipinski definition) is 3. The molecule has 1 aromatic carbocycles. The Hall–Kier alpha value is -1.70. The van der Waals surface area contributed by atoms with Gasteiger partial charge < -0.3 is 9.64 Å². The third kappa shape index (κ3) is 2.91. The highest BCUT2D eigenvalue weighted by Crippen LogP contribution is 2.35. The first-order valence-electron chi connectivity index (χ1n) is 7.33. The van der Waals surface area contributed by atoms with E-state index in [4.69, 9.17) is 0 Å². The van der Waals surface area contributed by atoms with E-state index in [9.17, 15) is 26.7 Å². The molecule has 23 heavy (non-hydrogen) atoms. The maximum Gasteiger partial charge on any atom is 0.311 e. The molecule has 3 saturated heterocycles. The molecule has 0 aromatic heterocycles. The number of carbonyl (C=O) groups is 1. The van der Waals surface area contributed by atoms with E-state index in [1.807, 2.05) is 0 Å². The van der Waals surface area contributed by atoms with Gasteiger partial charge in [-0.3, -0.25) is 4.79 Å². The van der Waals surface area contributed by atoms with Crippen LogP contribution in [0.2, 0.25) is 0 Å². The van der Waals surface area contributed by atoms with E-state index in [2.05, 4.69) is 9.64 Å². The SMILES string of the molecule is O=C(CC1CN2CCC1CC2)Oc1c(F)c(F)c(F)c(F)c1F. The Morgan fingerprint density at radius 1 is 0.957 bits per heavy atom. The van der Waals surface area contributed by atoms with Gasteiger partial charge in [0.2, 0.25) is 34.8 Å². The van der Waals surface area contributed by atoms with Crippen LogP contribution in [0.3, 0.4) is 0 Å². The van der Waals surface area contributed by atoms with E-state index in [0.717, 1.165) is 25.9 Å². The summed E-state index contributed by atoms with van der Waals surface area (Å²) < 4.78 is 70.5. The molecule has 0 aliphatic carbocycles. The molecule has 1 unspecified atom stereocenters. The van der Waals surface area contributed by atoms with Crippen molar-refractivity contribution in [3.05, 3.63) is 29.1 Å². The second kappa shape index (κ2) is 6.07. The van der Waals surface area contributed by atoms with E-state index in [-0.39, 0.29) is 12.3 Å². The van der Waals surface area contributed by atoms with Gasteiger partial charge in [0.15, 0.2) is 0 Å². The van der Waals surface area contributed by atoms with Gasteiger partial charge in [-0.1, -0.05) is 0 Å². The molecular formula is C15H14F5NO2. The predicted octanol–water partition coefficient (Wildman–Crippen LogP) is 3.02. The molecule has 3 aliphatic rings. The molecule has 126 valence electrons. The minimum Gasteiger partial charge on any atom is -0.420 e. The summed E-state index contributed by atoms with van der Waals surface area (Å²) >= 11 is 0. The summed E-state index contributed by atoms with van der Waals surface area (Å²) in [5.74, 6) is -13.0. The number of halogens is 5. The van der Waals surface area contributed by atoms with Crippen molar-refractivity contribution in [2.75, 3.05) is 19.6 Å². The first kappa shape index (κ1) is 16.2. The summed E-state index contributed by atoms with van der Waals surface area (Å²) in [5, 5.41) is 0. The Balaban J connectivity index is 1.73. The van der Waals surface area contributed by atoms with E-state index in [1.54, 1.807) is 0 Å². The fourth-order valence-corrected chi connectivity index (χ4v) is 3.36. The lowest BCUT2D eigenvalue weighted by atomic mass is 9.77. The highest BCUT2D eigenvalue weighted by molar-refractivity contribution is 5.73. The topological polar surface area (TPSA) is 29.5 Å². The van der Waals surface area contributed by atoms with Gasteiger partial charge in [0.25, 0.3) is 0 Å². The molecule has 1 atom stereocenters. The van der Waals surface area contributed by atoms with Crippen LogP contribution in [-0.2, 0) is 4.79 Å². The fraction of sp³-hybridized carbons (Fsp3) is 0.533.